The van der Waals surface area contributed by atoms with Gasteiger partial charge < -0.3 is 14.7 Å². The van der Waals surface area contributed by atoms with Gasteiger partial charge in [0.05, 0.1) is 12.1 Å². The molecule has 0 aromatic carbocycles. The van der Waals surface area contributed by atoms with Gasteiger partial charge in [0, 0.05) is 12.5 Å². The van der Waals surface area contributed by atoms with Crippen molar-refractivity contribution >= 4 is 6.09 Å². The summed E-state index contributed by atoms with van der Waals surface area (Å²) < 4.78 is 5.34. The molecular weight excluding hydrogens is 230 g/mol. The Morgan fingerprint density at radius 2 is 2.22 bits per heavy atom. The number of likely N-dealkylation sites (tertiary alicyclic amines) is 1. The predicted octanol–water partition coefficient (Wildman–Crippen LogP) is 2.57. The molecule has 2 atom stereocenters. The number of carbonyl (C=O) groups excluding carboxylic acids is 1. The van der Waals surface area contributed by atoms with Gasteiger partial charge in [0.15, 0.2) is 0 Å². The van der Waals surface area contributed by atoms with Gasteiger partial charge in [-0.15, -0.1) is 6.58 Å². The van der Waals surface area contributed by atoms with Gasteiger partial charge in [-0.1, -0.05) is 13.0 Å². The van der Waals surface area contributed by atoms with Gasteiger partial charge >= 0.3 is 6.09 Å². The van der Waals surface area contributed by atoms with E-state index in [0.29, 0.717) is 25.9 Å². The fourth-order valence-corrected chi connectivity index (χ4v) is 2.32. The maximum absolute atomic E-state index is 12.0. The average molecular weight is 255 g/mol. The van der Waals surface area contributed by atoms with Gasteiger partial charge in [-0.05, 0) is 33.6 Å². The van der Waals surface area contributed by atoms with Crippen molar-refractivity contribution in [2.24, 2.45) is 5.92 Å². The highest BCUT2D eigenvalue weighted by Crippen LogP contribution is 2.33. The molecule has 1 aliphatic rings. The maximum atomic E-state index is 12.0. The molecule has 4 heteroatoms. The molecule has 0 unspecified atom stereocenters. The van der Waals surface area contributed by atoms with Crippen LogP contribution in [0.25, 0.3) is 0 Å². The first kappa shape index (κ1) is 15.0. The number of allylic oxidation sites excluding steroid dienone is 1. The van der Waals surface area contributed by atoms with Crippen molar-refractivity contribution < 1.29 is 14.6 Å². The highest BCUT2D eigenvalue weighted by atomic mass is 16.6. The van der Waals surface area contributed by atoms with E-state index in [1.165, 1.54) is 0 Å². The summed E-state index contributed by atoms with van der Waals surface area (Å²) in [6.07, 6.45) is 2.79. The van der Waals surface area contributed by atoms with E-state index in [9.17, 15) is 9.90 Å². The molecule has 0 aromatic heterocycles. The summed E-state index contributed by atoms with van der Waals surface area (Å²) in [5.41, 5.74) is -1.32. The molecule has 0 aromatic rings. The van der Waals surface area contributed by atoms with Crippen LogP contribution in [-0.2, 0) is 4.74 Å². The normalized spacial score (nSPS) is 28.3. The Bertz CT molecular complexity index is 321. The van der Waals surface area contributed by atoms with E-state index in [0.717, 1.165) is 0 Å². The molecule has 4 nitrogen and oxygen atoms in total. The first-order chi connectivity index (χ1) is 8.22. The van der Waals surface area contributed by atoms with Crippen LogP contribution in [0.1, 0.15) is 40.5 Å². The van der Waals surface area contributed by atoms with E-state index < -0.39 is 11.2 Å². The van der Waals surface area contributed by atoms with Crippen LogP contribution in [0.3, 0.4) is 0 Å². The fourth-order valence-electron chi connectivity index (χ4n) is 2.32. The molecule has 104 valence electrons. The van der Waals surface area contributed by atoms with Crippen LogP contribution >= 0.6 is 0 Å². The van der Waals surface area contributed by atoms with Crippen LogP contribution in [-0.4, -0.2) is 40.4 Å². The van der Waals surface area contributed by atoms with Gasteiger partial charge in [-0.25, -0.2) is 4.79 Å². The Morgan fingerprint density at radius 1 is 1.61 bits per heavy atom. The number of hydrogen-bond acceptors (Lipinski definition) is 3. The Hall–Kier alpha value is -1.03. The topological polar surface area (TPSA) is 49.8 Å². The summed E-state index contributed by atoms with van der Waals surface area (Å²) in [5.74, 6) is 0.0486. The maximum Gasteiger partial charge on any atom is 0.410 e. The first-order valence-corrected chi connectivity index (χ1v) is 6.53. The smallest absolute Gasteiger partial charge is 0.410 e. The Balaban J connectivity index is 2.72. The molecule has 0 bridgehead atoms. The highest BCUT2D eigenvalue weighted by Gasteiger charge is 2.45. The number of ether oxygens (including phenoxy) is 1. The molecular formula is C14H25NO3. The zero-order valence-corrected chi connectivity index (χ0v) is 11.9. The lowest BCUT2D eigenvalue weighted by Crippen LogP contribution is -2.39. The summed E-state index contributed by atoms with van der Waals surface area (Å²) in [4.78, 5) is 13.6. The minimum atomic E-state index is -0.814. The predicted molar refractivity (Wildman–Crippen MR) is 71.4 cm³/mol. The van der Waals surface area contributed by atoms with Crippen LogP contribution in [0.2, 0.25) is 0 Å². The zero-order valence-electron chi connectivity index (χ0n) is 11.9. The molecule has 1 heterocycles. The van der Waals surface area contributed by atoms with E-state index in [1.54, 1.807) is 11.0 Å². The standard InChI is InChI=1S/C14H25NO3/c1-6-8-11-9-15(10-14(11,17)7-2)12(16)18-13(3,4)5/h6,11,17H,1,7-10H2,2-5H3/t11-,14+/m0/s1. The lowest BCUT2D eigenvalue weighted by molar-refractivity contribution is 0.000838. The van der Waals surface area contributed by atoms with Crippen molar-refractivity contribution in [1.29, 1.82) is 0 Å². The van der Waals surface area contributed by atoms with E-state index in [4.69, 9.17) is 4.74 Å². The van der Waals surface area contributed by atoms with Gasteiger partial charge in [0.25, 0.3) is 0 Å². The molecule has 0 saturated carbocycles. The molecule has 1 rings (SSSR count). The number of β-amino-alcohol motifs (C(OH)–C–C–N with tert-alkyl or cyclic N) is 1. The Labute approximate surface area is 110 Å². The van der Waals surface area contributed by atoms with Crippen molar-refractivity contribution in [2.75, 3.05) is 13.1 Å². The highest BCUT2D eigenvalue weighted by molar-refractivity contribution is 5.68. The number of nitrogens with zero attached hydrogens (tertiary/aromatic N) is 1. The van der Waals surface area contributed by atoms with Crippen molar-refractivity contribution in [1.82, 2.24) is 4.90 Å². The molecule has 1 saturated heterocycles. The average Bonchev–Trinajstić information content (AvgIpc) is 2.56. The van der Waals surface area contributed by atoms with Gasteiger partial charge in [-0.3, -0.25) is 0 Å². The fraction of sp³-hybridized carbons (Fsp3) is 0.786. The van der Waals surface area contributed by atoms with Crippen molar-refractivity contribution in [3.05, 3.63) is 12.7 Å². The third kappa shape index (κ3) is 3.48. The van der Waals surface area contributed by atoms with E-state index in [-0.39, 0.29) is 12.0 Å². The second-order valence-corrected chi connectivity index (χ2v) is 6.04. The van der Waals surface area contributed by atoms with Gasteiger partial charge in [-0.2, -0.15) is 0 Å². The number of rotatable bonds is 3. The van der Waals surface area contributed by atoms with Crippen LogP contribution < -0.4 is 0 Å². The molecule has 1 amide bonds. The molecule has 18 heavy (non-hydrogen) atoms. The molecule has 1 fully saturated rings. The zero-order chi connectivity index (χ0) is 14.0. The molecule has 0 radical (unpaired) electrons. The molecule has 1 aliphatic heterocycles. The van der Waals surface area contributed by atoms with Crippen LogP contribution in [0.15, 0.2) is 12.7 Å². The number of aliphatic hydroxyl groups is 1. The molecule has 0 spiro atoms. The van der Waals surface area contributed by atoms with Crippen molar-refractivity contribution in [3.63, 3.8) is 0 Å². The lowest BCUT2D eigenvalue weighted by Gasteiger charge is -2.27. The Kier molecular flexibility index (Phi) is 4.43. The number of amides is 1. The van der Waals surface area contributed by atoms with Crippen molar-refractivity contribution in [3.8, 4) is 0 Å². The quantitative estimate of drug-likeness (QED) is 0.788. The third-order valence-corrected chi connectivity index (χ3v) is 3.38. The SMILES string of the molecule is C=CC[C@H]1CN(C(=O)OC(C)(C)C)C[C@]1(O)CC. The first-order valence-electron chi connectivity index (χ1n) is 6.53. The van der Waals surface area contributed by atoms with Crippen LogP contribution in [0.4, 0.5) is 4.79 Å². The van der Waals surface area contributed by atoms with E-state index in [1.807, 2.05) is 27.7 Å². The summed E-state index contributed by atoms with van der Waals surface area (Å²) in [6.45, 7) is 12.0. The summed E-state index contributed by atoms with van der Waals surface area (Å²) in [5, 5.41) is 10.5. The second kappa shape index (κ2) is 5.31. The second-order valence-electron chi connectivity index (χ2n) is 6.04. The Morgan fingerprint density at radius 3 is 2.67 bits per heavy atom. The minimum Gasteiger partial charge on any atom is -0.444 e. The lowest BCUT2D eigenvalue weighted by atomic mass is 9.86. The molecule has 1 N–H and O–H groups in total. The van der Waals surface area contributed by atoms with Crippen LogP contribution in [0, 0.1) is 5.92 Å². The summed E-state index contributed by atoms with van der Waals surface area (Å²) >= 11 is 0. The number of hydrogen-bond donors (Lipinski definition) is 1. The third-order valence-electron chi connectivity index (χ3n) is 3.38. The summed E-state index contributed by atoms with van der Waals surface area (Å²) in [7, 11) is 0. The summed E-state index contributed by atoms with van der Waals surface area (Å²) in [6, 6.07) is 0. The molecule has 0 aliphatic carbocycles. The van der Waals surface area contributed by atoms with Gasteiger partial charge in [0.1, 0.15) is 5.60 Å². The minimum absolute atomic E-state index is 0.0486. The monoisotopic (exact) mass is 255 g/mol. The van der Waals surface area contributed by atoms with Crippen molar-refractivity contribution in [2.45, 2.75) is 51.7 Å². The van der Waals surface area contributed by atoms with E-state index >= 15 is 0 Å². The largest absolute Gasteiger partial charge is 0.444 e. The van der Waals surface area contributed by atoms with E-state index in [2.05, 4.69) is 6.58 Å². The number of carbonyl (C=O) groups is 1. The van der Waals surface area contributed by atoms with Crippen LogP contribution in [0.5, 0.6) is 0 Å². The van der Waals surface area contributed by atoms with Gasteiger partial charge in [0.2, 0.25) is 0 Å².